The van der Waals surface area contributed by atoms with Crippen LogP contribution in [0, 0.1) is 5.92 Å². The van der Waals surface area contributed by atoms with Gasteiger partial charge in [0.05, 0.1) is 19.8 Å². The van der Waals surface area contributed by atoms with E-state index >= 15 is 0 Å². The lowest BCUT2D eigenvalue weighted by Crippen LogP contribution is -2.48. The van der Waals surface area contributed by atoms with Gasteiger partial charge >= 0.3 is 0 Å². The van der Waals surface area contributed by atoms with Crippen molar-refractivity contribution >= 4 is 0 Å². The maximum Gasteiger partial charge on any atom is 0.170 e. The zero-order valence-electron chi connectivity index (χ0n) is 13.0. The number of ether oxygens (including phenoxy) is 2. The van der Waals surface area contributed by atoms with Crippen LogP contribution < -0.4 is 0 Å². The van der Waals surface area contributed by atoms with Gasteiger partial charge in [0.1, 0.15) is 0 Å². The predicted molar refractivity (Wildman–Crippen MR) is 83.2 cm³/mol. The highest BCUT2D eigenvalue weighted by molar-refractivity contribution is 5.16. The lowest BCUT2D eigenvalue weighted by atomic mass is 9.81. The Hall–Kier alpha value is -0.940. The Morgan fingerprint density at radius 2 is 1.95 bits per heavy atom. The molecule has 1 aromatic carbocycles. The van der Waals surface area contributed by atoms with Gasteiger partial charge in [0, 0.05) is 31.5 Å². The Bertz CT molecular complexity index is 500. The minimum Gasteiger partial charge on any atom is -0.395 e. The van der Waals surface area contributed by atoms with Crippen molar-refractivity contribution < 1.29 is 14.6 Å². The molecule has 120 valence electrons. The maximum atomic E-state index is 9.81. The molecule has 0 bridgehead atoms. The molecule has 0 unspecified atom stereocenters. The van der Waals surface area contributed by atoms with E-state index in [-0.39, 0.29) is 18.4 Å². The molecule has 3 fully saturated rings. The van der Waals surface area contributed by atoms with Gasteiger partial charge in [0.25, 0.3) is 0 Å². The summed E-state index contributed by atoms with van der Waals surface area (Å²) in [5, 5.41) is 9.81. The van der Waals surface area contributed by atoms with Gasteiger partial charge in [-0.05, 0) is 24.3 Å². The Morgan fingerprint density at radius 3 is 2.68 bits per heavy atom. The fourth-order valence-corrected chi connectivity index (χ4v) is 4.58. The quantitative estimate of drug-likeness (QED) is 0.929. The smallest absolute Gasteiger partial charge is 0.170 e. The highest BCUT2D eigenvalue weighted by Crippen LogP contribution is 2.46. The third-order valence-electron chi connectivity index (χ3n) is 5.66. The highest BCUT2D eigenvalue weighted by atomic mass is 16.7. The van der Waals surface area contributed by atoms with Crippen LogP contribution in [0.3, 0.4) is 0 Å². The third-order valence-corrected chi connectivity index (χ3v) is 5.66. The van der Waals surface area contributed by atoms with Gasteiger partial charge in [0.2, 0.25) is 0 Å². The fraction of sp³-hybridized carbons (Fsp3) is 0.667. The molecule has 1 saturated carbocycles. The molecule has 1 spiro atoms. The molecule has 0 radical (unpaired) electrons. The Kier molecular flexibility index (Phi) is 3.95. The second-order valence-electron chi connectivity index (χ2n) is 6.91. The maximum absolute atomic E-state index is 9.81. The number of benzene rings is 1. The number of hydrogen-bond acceptors (Lipinski definition) is 4. The van der Waals surface area contributed by atoms with Crippen LogP contribution in [0.4, 0.5) is 0 Å². The van der Waals surface area contributed by atoms with E-state index in [1.54, 1.807) is 0 Å². The van der Waals surface area contributed by atoms with Crippen molar-refractivity contribution in [3.8, 4) is 0 Å². The van der Waals surface area contributed by atoms with Gasteiger partial charge in [-0.1, -0.05) is 30.3 Å². The first-order chi connectivity index (χ1) is 10.8. The number of likely N-dealkylation sites (tertiary alicyclic amines) is 1. The monoisotopic (exact) mass is 303 g/mol. The summed E-state index contributed by atoms with van der Waals surface area (Å²) in [5.74, 6) is 0.319. The van der Waals surface area contributed by atoms with Gasteiger partial charge in [-0.25, -0.2) is 0 Å². The van der Waals surface area contributed by atoms with Gasteiger partial charge < -0.3 is 14.6 Å². The van der Waals surface area contributed by atoms with E-state index in [9.17, 15) is 5.11 Å². The molecule has 0 amide bonds. The van der Waals surface area contributed by atoms with Crippen LogP contribution in [0.5, 0.6) is 0 Å². The average molecular weight is 303 g/mol. The van der Waals surface area contributed by atoms with E-state index in [0.29, 0.717) is 12.0 Å². The van der Waals surface area contributed by atoms with Crippen molar-refractivity contribution in [2.45, 2.75) is 50.1 Å². The molecule has 2 heterocycles. The molecule has 4 heteroatoms. The summed E-state index contributed by atoms with van der Waals surface area (Å²) in [6, 6.07) is 11.3. The Balaban J connectivity index is 1.54. The van der Waals surface area contributed by atoms with Crippen molar-refractivity contribution in [1.29, 1.82) is 0 Å². The molecule has 3 atom stereocenters. The van der Waals surface area contributed by atoms with Gasteiger partial charge in [0.15, 0.2) is 5.79 Å². The SMILES string of the molecule is OC[C@@H]1C[C@H]2CCC3(C[C@H]2N1Cc1ccccc1)OCCO3. The molecule has 3 aliphatic rings. The van der Waals surface area contributed by atoms with E-state index in [2.05, 4.69) is 35.2 Å². The van der Waals surface area contributed by atoms with E-state index in [4.69, 9.17) is 9.47 Å². The molecule has 0 aromatic heterocycles. The van der Waals surface area contributed by atoms with Crippen LogP contribution in [0.1, 0.15) is 31.2 Å². The van der Waals surface area contributed by atoms with Crippen LogP contribution in [0.2, 0.25) is 0 Å². The first-order valence-electron chi connectivity index (χ1n) is 8.48. The number of nitrogens with zero attached hydrogens (tertiary/aromatic N) is 1. The molecule has 4 rings (SSSR count). The van der Waals surface area contributed by atoms with Crippen molar-refractivity contribution in [1.82, 2.24) is 4.90 Å². The Morgan fingerprint density at radius 1 is 1.18 bits per heavy atom. The summed E-state index contributed by atoms with van der Waals surface area (Å²) in [4.78, 5) is 2.49. The van der Waals surface area contributed by atoms with Crippen LogP contribution >= 0.6 is 0 Å². The topological polar surface area (TPSA) is 41.9 Å². The zero-order valence-corrected chi connectivity index (χ0v) is 13.0. The first-order valence-corrected chi connectivity index (χ1v) is 8.48. The molecular weight excluding hydrogens is 278 g/mol. The van der Waals surface area contributed by atoms with Crippen LogP contribution in [-0.4, -0.2) is 47.7 Å². The second-order valence-corrected chi connectivity index (χ2v) is 6.91. The predicted octanol–water partition coefficient (Wildman–Crippen LogP) is 2.17. The highest BCUT2D eigenvalue weighted by Gasteiger charge is 2.51. The van der Waals surface area contributed by atoms with Crippen LogP contribution in [0.15, 0.2) is 30.3 Å². The van der Waals surface area contributed by atoms with Crippen molar-refractivity contribution in [2.24, 2.45) is 5.92 Å². The summed E-state index contributed by atoms with van der Waals surface area (Å²) in [6.45, 7) is 2.59. The van der Waals surface area contributed by atoms with E-state index in [1.165, 1.54) is 5.56 Å². The fourth-order valence-electron chi connectivity index (χ4n) is 4.58. The third kappa shape index (κ3) is 2.58. The summed E-state index contributed by atoms with van der Waals surface area (Å²) < 4.78 is 11.9. The molecule has 4 nitrogen and oxygen atoms in total. The summed E-state index contributed by atoms with van der Waals surface area (Å²) in [5.41, 5.74) is 1.31. The minimum absolute atomic E-state index is 0.245. The van der Waals surface area contributed by atoms with E-state index in [0.717, 1.165) is 45.4 Å². The van der Waals surface area contributed by atoms with Crippen molar-refractivity contribution in [2.75, 3.05) is 19.8 Å². The average Bonchev–Trinajstić information content (AvgIpc) is 3.14. The van der Waals surface area contributed by atoms with Gasteiger partial charge in [-0.15, -0.1) is 0 Å². The minimum atomic E-state index is -0.347. The lowest BCUT2D eigenvalue weighted by molar-refractivity contribution is -0.193. The van der Waals surface area contributed by atoms with E-state index < -0.39 is 0 Å². The normalized spacial score (nSPS) is 34.1. The summed E-state index contributed by atoms with van der Waals surface area (Å²) in [6.07, 6.45) is 4.20. The molecule has 1 N–H and O–H groups in total. The number of aliphatic hydroxyl groups is 1. The van der Waals surface area contributed by atoms with Crippen molar-refractivity contribution in [3.05, 3.63) is 35.9 Å². The van der Waals surface area contributed by atoms with Crippen LogP contribution in [0.25, 0.3) is 0 Å². The summed E-state index contributed by atoms with van der Waals surface area (Å²) >= 11 is 0. The molecular formula is C18H25NO3. The molecule has 1 aliphatic carbocycles. The molecule has 1 aromatic rings. The standard InChI is InChI=1S/C18H25NO3/c20-13-16-10-15-6-7-18(21-8-9-22-18)11-17(15)19(16)12-14-4-2-1-3-5-14/h1-5,15-17,20H,6-13H2/t15-,16+,17-/m1/s1. The van der Waals surface area contributed by atoms with Crippen molar-refractivity contribution in [3.63, 3.8) is 0 Å². The number of aliphatic hydroxyl groups excluding tert-OH is 1. The molecule has 2 aliphatic heterocycles. The Labute approximate surface area is 132 Å². The largest absolute Gasteiger partial charge is 0.395 e. The lowest BCUT2D eigenvalue weighted by Gasteiger charge is -2.41. The van der Waals surface area contributed by atoms with Crippen LogP contribution in [-0.2, 0) is 16.0 Å². The number of hydrogen-bond donors (Lipinski definition) is 1. The van der Waals surface area contributed by atoms with Gasteiger partial charge in [-0.3, -0.25) is 4.90 Å². The summed E-state index contributed by atoms with van der Waals surface area (Å²) in [7, 11) is 0. The first kappa shape index (κ1) is 14.6. The number of fused-ring (bicyclic) bond motifs is 1. The van der Waals surface area contributed by atoms with Gasteiger partial charge in [-0.2, -0.15) is 0 Å². The molecule has 2 saturated heterocycles. The second kappa shape index (κ2) is 5.93. The molecule has 22 heavy (non-hydrogen) atoms. The van der Waals surface area contributed by atoms with E-state index in [1.807, 2.05) is 0 Å². The number of rotatable bonds is 3. The zero-order chi connectivity index (χ0) is 15.0.